The van der Waals surface area contributed by atoms with Crippen LogP contribution in [0, 0.1) is 0 Å². The van der Waals surface area contributed by atoms with E-state index in [1.807, 2.05) is 6.92 Å². The fraction of sp³-hybridized carbons (Fsp3) is 0.692. The molecule has 1 fully saturated rings. The van der Waals surface area contributed by atoms with E-state index in [0.717, 1.165) is 44.6 Å². The summed E-state index contributed by atoms with van der Waals surface area (Å²) in [6.07, 6.45) is 5.05. The Balaban J connectivity index is 1.78. The van der Waals surface area contributed by atoms with Gasteiger partial charge in [0.1, 0.15) is 0 Å². The molecule has 1 saturated heterocycles. The van der Waals surface area contributed by atoms with Crippen molar-refractivity contribution in [3.05, 3.63) is 27.9 Å². The number of nitrogens with one attached hydrogen (secondary N) is 1. The van der Waals surface area contributed by atoms with Crippen molar-refractivity contribution in [3.63, 3.8) is 0 Å². The summed E-state index contributed by atoms with van der Waals surface area (Å²) in [5, 5.41) is 0. The Hall–Kier alpha value is -1.20. The average Bonchev–Trinajstić information content (AvgIpc) is 2.33. The van der Waals surface area contributed by atoms with Crippen LogP contribution in [0.15, 0.2) is 11.0 Å². The van der Waals surface area contributed by atoms with Crippen LogP contribution in [0.4, 0.5) is 0 Å². The molecular formula is C13H21N3O2. The minimum atomic E-state index is -0.249. The van der Waals surface area contributed by atoms with Crippen LogP contribution < -0.4 is 5.69 Å². The Morgan fingerprint density at radius 1 is 1.56 bits per heavy atom. The van der Waals surface area contributed by atoms with Gasteiger partial charge in [0.2, 0.25) is 0 Å². The summed E-state index contributed by atoms with van der Waals surface area (Å²) in [5.74, 6) is 0. The van der Waals surface area contributed by atoms with Crippen LogP contribution in [0.3, 0.4) is 0 Å². The molecule has 0 atom stereocenters. The topological polar surface area (TPSA) is 58.2 Å². The maximum atomic E-state index is 11.1. The molecule has 18 heavy (non-hydrogen) atoms. The van der Waals surface area contributed by atoms with E-state index < -0.39 is 0 Å². The number of rotatable bonds is 6. The third-order valence-electron chi connectivity index (χ3n) is 3.51. The van der Waals surface area contributed by atoms with Crippen molar-refractivity contribution in [2.75, 3.05) is 26.7 Å². The van der Waals surface area contributed by atoms with Gasteiger partial charge in [0.05, 0.1) is 6.10 Å². The first-order valence-corrected chi connectivity index (χ1v) is 6.55. The Bertz CT molecular complexity index is 438. The number of hydrogen-bond acceptors (Lipinski definition) is 4. The number of likely N-dealkylation sites (tertiary alicyclic amines) is 1. The summed E-state index contributed by atoms with van der Waals surface area (Å²) >= 11 is 0. The first-order chi connectivity index (χ1) is 8.72. The molecule has 1 aromatic heterocycles. The highest BCUT2D eigenvalue weighted by Gasteiger charge is 2.25. The molecule has 1 aromatic rings. The highest BCUT2D eigenvalue weighted by atomic mass is 16.5. The number of hydrogen-bond donors (Lipinski definition) is 1. The number of methoxy groups -OCH3 is 1. The van der Waals surface area contributed by atoms with E-state index in [4.69, 9.17) is 4.74 Å². The second-order valence-corrected chi connectivity index (χ2v) is 4.77. The van der Waals surface area contributed by atoms with Crippen LogP contribution in [0.5, 0.6) is 0 Å². The van der Waals surface area contributed by atoms with Crippen molar-refractivity contribution in [1.82, 2.24) is 14.9 Å². The molecule has 0 saturated carbocycles. The lowest BCUT2D eigenvalue weighted by Crippen LogP contribution is -2.51. The molecule has 0 amide bonds. The second-order valence-electron chi connectivity index (χ2n) is 4.77. The zero-order chi connectivity index (χ0) is 13.0. The molecule has 1 aliphatic heterocycles. The van der Waals surface area contributed by atoms with Crippen LogP contribution in [-0.2, 0) is 17.6 Å². The lowest BCUT2D eigenvalue weighted by atomic mass is 10.1. The minimum absolute atomic E-state index is 0.249. The summed E-state index contributed by atoms with van der Waals surface area (Å²) < 4.78 is 5.24. The summed E-state index contributed by atoms with van der Waals surface area (Å²) in [6, 6.07) is 0. The van der Waals surface area contributed by atoms with Gasteiger partial charge in [0.25, 0.3) is 0 Å². The van der Waals surface area contributed by atoms with Crippen molar-refractivity contribution in [2.45, 2.75) is 32.3 Å². The fourth-order valence-electron chi connectivity index (χ4n) is 2.33. The van der Waals surface area contributed by atoms with Gasteiger partial charge in [-0.1, -0.05) is 6.92 Å². The molecule has 0 aliphatic carbocycles. The molecule has 2 rings (SSSR count). The number of H-pyrrole nitrogens is 1. The minimum Gasteiger partial charge on any atom is -0.379 e. The summed E-state index contributed by atoms with van der Waals surface area (Å²) in [6.45, 7) is 5.22. The highest BCUT2D eigenvalue weighted by molar-refractivity contribution is 5.15. The summed E-state index contributed by atoms with van der Waals surface area (Å²) in [4.78, 5) is 20.1. The molecule has 5 nitrogen and oxygen atoms in total. The SMILES string of the molecule is CCc1[nH]c(=O)ncc1CCCN1CC(OC)C1. The van der Waals surface area contributed by atoms with Crippen LogP contribution in [0.25, 0.3) is 0 Å². The zero-order valence-electron chi connectivity index (χ0n) is 11.1. The van der Waals surface area contributed by atoms with E-state index >= 15 is 0 Å². The van der Waals surface area contributed by atoms with Crippen molar-refractivity contribution < 1.29 is 4.74 Å². The molecule has 1 N–H and O–H groups in total. The van der Waals surface area contributed by atoms with Crippen LogP contribution in [-0.4, -0.2) is 47.7 Å². The van der Waals surface area contributed by atoms with Gasteiger partial charge in [-0.2, -0.15) is 0 Å². The van der Waals surface area contributed by atoms with E-state index in [9.17, 15) is 4.79 Å². The van der Waals surface area contributed by atoms with Gasteiger partial charge in [-0.3, -0.25) is 4.90 Å². The van der Waals surface area contributed by atoms with E-state index in [-0.39, 0.29) is 5.69 Å². The molecule has 0 aromatic carbocycles. The van der Waals surface area contributed by atoms with Crippen LogP contribution in [0.2, 0.25) is 0 Å². The molecule has 0 unspecified atom stereocenters. The lowest BCUT2D eigenvalue weighted by molar-refractivity contribution is -0.0293. The fourth-order valence-corrected chi connectivity index (χ4v) is 2.33. The largest absolute Gasteiger partial charge is 0.379 e. The van der Waals surface area contributed by atoms with Gasteiger partial charge in [-0.25, -0.2) is 9.78 Å². The standard InChI is InChI=1S/C13H21N3O2/c1-3-12-10(7-14-13(17)15-12)5-4-6-16-8-11(9-16)18-2/h7,11H,3-6,8-9H2,1-2H3,(H,14,15,17). The van der Waals surface area contributed by atoms with Gasteiger partial charge in [-0.05, 0) is 31.4 Å². The Morgan fingerprint density at radius 3 is 3.00 bits per heavy atom. The van der Waals surface area contributed by atoms with Crippen molar-refractivity contribution in [3.8, 4) is 0 Å². The Labute approximate surface area is 107 Å². The molecule has 100 valence electrons. The first-order valence-electron chi connectivity index (χ1n) is 6.55. The van der Waals surface area contributed by atoms with Crippen molar-refractivity contribution in [1.29, 1.82) is 0 Å². The van der Waals surface area contributed by atoms with Crippen molar-refractivity contribution in [2.24, 2.45) is 0 Å². The number of nitrogens with zero attached hydrogens (tertiary/aromatic N) is 2. The van der Waals surface area contributed by atoms with Crippen LogP contribution >= 0.6 is 0 Å². The van der Waals surface area contributed by atoms with Gasteiger partial charge in [-0.15, -0.1) is 0 Å². The monoisotopic (exact) mass is 251 g/mol. The molecule has 1 aliphatic rings. The summed E-state index contributed by atoms with van der Waals surface area (Å²) in [5.41, 5.74) is 1.94. The van der Waals surface area contributed by atoms with Gasteiger partial charge in [0.15, 0.2) is 0 Å². The van der Waals surface area contributed by atoms with E-state index in [2.05, 4.69) is 14.9 Å². The second kappa shape index (κ2) is 6.11. The summed E-state index contributed by atoms with van der Waals surface area (Å²) in [7, 11) is 1.77. The molecule has 0 spiro atoms. The maximum absolute atomic E-state index is 11.1. The van der Waals surface area contributed by atoms with Crippen molar-refractivity contribution >= 4 is 0 Å². The van der Waals surface area contributed by atoms with E-state index in [1.54, 1.807) is 13.3 Å². The van der Waals surface area contributed by atoms with E-state index in [1.165, 1.54) is 5.56 Å². The van der Waals surface area contributed by atoms with Gasteiger partial charge in [0, 0.05) is 32.1 Å². The number of aromatic nitrogens is 2. The van der Waals surface area contributed by atoms with Gasteiger partial charge >= 0.3 is 5.69 Å². The third-order valence-corrected chi connectivity index (χ3v) is 3.51. The number of aromatic amines is 1. The predicted octanol–water partition coefficient (Wildman–Crippen LogP) is 0.595. The molecule has 0 bridgehead atoms. The smallest absolute Gasteiger partial charge is 0.345 e. The zero-order valence-corrected chi connectivity index (χ0v) is 11.1. The first kappa shape index (κ1) is 13.2. The highest BCUT2D eigenvalue weighted by Crippen LogP contribution is 2.13. The van der Waals surface area contributed by atoms with Crippen LogP contribution in [0.1, 0.15) is 24.6 Å². The molecule has 5 heteroatoms. The number of ether oxygens (including phenoxy) is 1. The van der Waals surface area contributed by atoms with E-state index in [0.29, 0.717) is 6.10 Å². The molecule has 0 radical (unpaired) electrons. The molecular weight excluding hydrogens is 230 g/mol. The normalized spacial score (nSPS) is 16.8. The Kier molecular flexibility index (Phi) is 4.49. The quantitative estimate of drug-likeness (QED) is 0.804. The van der Waals surface area contributed by atoms with Gasteiger partial charge < -0.3 is 9.72 Å². The predicted molar refractivity (Wildman–Crippen MR) is 69.8 cm³/mol. The Morgan fingerprint density at radius 2 is 2.33 bits per heavy atom. The maximum Gasteiger partial charge on any atom is 0.345 e. The lowest BCUT2D eigenvalue weighted by Gasteiger charge is -2.38. The average molecular weight is 251 g/mol. The number of aryl methyl sites for hydroxylation is 2. The third kappa shape index (κ3) is 3.17. The molecule has 2 heterocycles.